The molecule has 0 heterocycles. The first kappa shape index (κ1) is 24.4. The Morgan fingerprint density at radius 2 is 1.75 bits per heavy atom. The lowest BCUT2D eigenvalue weighted by molar-refractivity contribution is -0.137. The van der Waals surface area contributed by atoms with Crippen molar-refractivity contribution in [2.24, 2.45) is 0 Å². The summed E-state index contributed by atoms with van der Waals surface area (Å²) in [6.07, 6.45) is 2.32. The van der Waals surface area contributed by atoms with Gasteiger partial charge in [-0.25, -0.2) is 0 Å². The van der Waals surface area contributed by atoms with E-state index in [9.17, 15) is 14.4 Å². The summed E-state index contributed by atoms with van der Waals surface area (Å²) in [5.41, 5.74) is 1.40. The minimum absolute atomic E-state index is 0.0304. The second-order valence-electron chi connectivity index (χ2n) is 6.71. The van der Waals surface area contributed by atoms with Gasteiger partial charge in [-0.3, -0.25) is 14.4 Å². The lowest BCUT2D eigenvalue weighted by Crippen LogP contribution is -2.51. The Morgan fingerprint density at radius 1 is 1.03 bits per heavy atom. The van der Waals surface area contributed by atoms with E-state index in [2.05, 4.69) is 16.0 Å². The first-order valence-corrected chi connectivity index (χ1v) is 10.1. The van der Waals surface area contributed by atoms with Crippen LogP contribution in [0.3, 0.4) is 0 Å². The minimum atomic E-state index is -1.07. The highest BCUT2D eigenvalue weighted by Crippen LogP contribution is 2.16. The summed E-state index contributed by atoms with van der Waals surface area (Å²) in [7, 11) is 0. The lowest BCUT2D eigenvalue weighted by Gasteiger charge is -2.20. The predicted octanol–water partition coefficient (Wildman–Crippen LogP) is 1.61. The van der Waals surface area contributed by atoms with Crippen molar-refractivity contribution >= 4 is 29.5 Å². The summed E-state index contributed by atoms with van der Waals surface area (Å²) >= 11 is 0. The number of carbonyl (C=O) groups excluding carboxylic acids is 2. The van der Waals surface area contributed by atoms with Crippen molar-refractivity contribution in [1.82, 2.24) is 10.6 Å². The molecule has 0 fully saturated rings. The van der Waals surface area contributed by atoms with Gasteiger partial charge in [0.2, 0.25) is 5.91 Å². The topological polar surface area (TPSA) is 137 Å². The molecule has 0 spiro atoms. The number of carboxylic acids is 1. The Kier molecular flexibility index (Phi) is 10.3. The second-order valence-corrected chi connectivity index (χ2v) is 6.71. The summed E-state index contributed by atoms with van der Waals surface area (Å²) in [6, 6.07) is 15.9. The average Bonchev–Trinajstić information content (AvgIpc) is 2.80. The van der Waals surface area contributed by atoms with Crippen LogP contribution < -0.4 is 20.7 Å². The van der Waals surface area contributed by atoms with Crippen LogP contribution in [0, 0.1) is 0 Å². The molecule has 2 aromatic carbocycles. The van der Waals surface area contributed by atoms with Crippen LogP contribution >= 0.6 is 0 Å². The SMILES string of the molecule is O=C(O)CCCOc1ccc(NC(NC(=O)/C=C/c2ccccc2)C(=O)NCCO)cc1. The van der Waals surface area contributed by atoms with E-state index in [4.69, 9.17) is 14.9 Å². The summed E-state index contributed by atoms with van der Waals surface area (Å²) in [5, 5.41) is 25.6. The molecule has 0 radical (unpaired) electrons. The maximum Gasteiger partial charge on any atom is 0.303 e. The van der Waals surface area contributed by atoms with E-state index in [0.29, 0.717) is 17.9 Å². The molecule has 0 saturated carbocycles. The number of hydrogen-bond donors (Lipinski definition) is 5. The fraction of sp³-hybridized carbons (Fsp3) is 0.261. The van der Waals surface area contributed by atoms with E-state index in [1.165, 1.54) is 6.08 Å². The second kappa shape index (κ2) is 13.5. The molecule has 2 aromatic rings. The zero-order chi connectivity index (χ0) is 23.2. The minimum Gasteiger partial charge on any atom is -0.494 e. The monoisotopic (exact) mass is 441 g/mol. The molecule has 0 aromatic heterocycles. The third-order valence-corrected chi connectivity index (χ3v) is 4.16. The molecule has 170 valence electrons. The number of carboxylic acid groups (broad SMARTS) is 1. The Morgan fingerprint density at radius 3 is 2.41 bits per heavy atom. The van der Waals surface area contributed by atoms with Gasteiger partial charge in [-0.15, -0.1) is 0 Å². The predicted molar refractivity (Wildman–Crippen MR) is 120 cm³/mol. The van der Waals surface area contributed by atoms with Gasteiger partial charge >= 0.3 is 5.97 Å². The normalized spacial score (nSPS) is 11.5. The van der Waals surface area contributed by atoms with Crippen molar-refractivity contribution in [3.05, 3.63) is 66.2 Å². The number of benzene rings is 2. The number of aliphatic carboxylic acids is 1. The quantitative estimate of drug-likeness (QED) is 0.181. The third-order valence-electron chi connectivity index (χ3n) is 4.16. The molecule has 5 N–H and O–H groups in total. The number of hydrogen-bond acceptors (Lipinski definition) is 6. The van der Waals surface area contributed by atoms with Gasteiger partial charge in [0.05, 0.1) is 13.2 Å². The highest BCUT2D eigenvalue weighted by atomic mass is 16.5. The summed E-state index contributed by atoms with van der Waals surface area (Å²) < 4.78 is 5.48. The lowest BCUT2D eigenvalue weighted by atomic mass is 10.2. The number of aliphatic hydroxyl groups excluding tert-OH is 1. The van der Waals surface area contributed by atoms with Crippen molar-refractivity contribution in [1.29, 1.82) is 0 Å². The Labute approximate surface area is 186 Å². The van der Waals surface area contributed by atoms with Crippen LogP contribution in [0.15, 0.2) is 60.7 Å². The first-order valence-electron chi connectivity index (χ1n) is 10.1. The molecule has 0 aliphatic rings. The van der Waals surface area contributed by atoms with Gasteiger partial charge in [0, 0.05) is 24.7 Å². The first-order chi connectivity index (χ1) is 15.5. The van der Waals surface area contributed by atoms with Crippen molar-refractivity contribution in [3.8, 4) is 5.75 Å². The fourth-order valence-corrected chi connectivity index (χ4v) is 2.60. The molecule has 32 heavy (non-hydrogen) atoms. The molecular formula is C23H27N3O6. The van der Waals surface area contributed by atoms with Gasteiger partial charge in [0.15, 0.2) is 6.17 Å². The number of nitrogens with one attached hydrogen (secondary N) is 3. The van der Waals surface area contributed by atoms with E-state index in [-0.39, 0.29) is 26.2 Å². The van der Waals surface area contributed by atoms with Crippen LogP contribution in [0.2, 0.25) is 0 Å². The summed E-state index contributed by atoms with van der Waals surface area (Å²) in [4.78, 5) is 35.3. The molecule has 9 nitrogen and oxygen atoms in total. The summed E-state index contributed by atoms with van der Waals surface area (Å²) in [5.74, 6) is -1.30. The van der Waals surface area contributed by atoms with Crippen molar-refractivity contribution in [2.75, 3.05) is 25.1 Å². The number of aliphatic hydroxyl groups is 1. The number of amides is 2. The van der Waals surface area contributed by atoms with Crippen LogP contribution in [0.5, 0.6) is 5.75 Å². The smallest absolute Gasteiger partial charge is 0.303 e. The Balaban J connectivity index is 1.97. The van der Waals surface area contributed by atoms with Crippen LogP contribution in [0.25, 0.3) is 6.08 Å². The zero-order valence-corrected chi connectivity index (χ0v) is 17.5. The largest absolute Gasteiger partial charge is 0.494 e. The van der Waals surface area contributed by atoms with E-state index in [1.807, 2.05) is 30.3 Å². The van der Waals surface area contributed by atoms with Crippen molar-refractivity contribution in [3.63, 3.8) is 0 Å². The molecule has 0 aliphatic heterocycles. The number of ether oxygens (including phenoxy) is 1. The Hall–Kier alpha value is -3.85. The molecule has 2 amide bonds. The molecule has 1 unspecified atom stereocenters. The molecule has 0 aliphatic carbocycles. The van der Waals surface area contributed by atoms with E-state index in [1.54, 1.807) is 30.3 Å². The molecular weight excluding hydrogens is 414 g/mol. The number of rotatable bonds is 13. The van der Waals surface area contributed by atoms with Gasteiger partial charge in [-0.1, -0.05) is 30.3 Å². The molecule has 0 saturated heterocycles. The van der Waals surface area contributed by atoms with Gasteiger partial charge in [-0.2, -0.15) is 0 Å². The molecule has 2 rings (SSSR count). The van der Waals surface area contributed by atoms with Crippen molar-refractivity contribution < 1.29 is 29.3 Å². The molecule has 0 bridgehead atoms. The summed E-state index contributed by atoms with van der Waals surface area (Å²) in [6.45, 7) is 0.0964. The number of anilines is 1. The highest BCUT2D eigenvalue weighted by molar-refractivity contribution is 5.96. The van der Waals surface area contributed by atoms with Gasteiger partial charge < -0.3 is 30.9 Å². The highest BCUT2D eigenvalue weighted by Gasteiger charge is 2.19. The van der Waals surface area contributed by atoms with Crippen LogP contribution in [-0.4, -0.2) is 53.9 Å². The third kappa shape index (κ3) is 9.31. The van der Waals surface area contributed by atoms with E-state index >= 15 is 0 Å². The molecule has 9 heteroatoms. The maximum absolute atomic E-state index is 12.4. The maximum atomic E-state index is 12.4. The van der Waals surface area contributed by atoms with Crippen molar-refractivity contribution in [2.45, 2.75) is 19.0 Å². The van der Waals surface area contributed by atoms with Crippen LogP contribution in [0.4, 0.5) is 5.69 Å². The standard InChI is InChI=1S/C23H27N3O6/c27-15-14-24-23(31)22(26-20(28)13-8-17-5-2-1-3-6-17)25-18-9-11-19(12-10-18)32-16-4-7-21(29)30/h1-3,5-6,8-13,22,25,27H,4,7,14-16H2,(H,24,31)(H,26,28)(H,29,30)/b13-8+. The Bertz CT molecular complexity index is 900. The number of carbonyl (C=O) groups is 3. The van der Waals surface area contributed by atoms with Gasteiger partial charge in [-0.05, 0) is 42.3 Å². The van der Waals surface area contributed by atoms with Gasteiger partial charge in [0.1, 0.15) is 5.75 Å². The zero-order valence-electron chi connectivity index (χ0n) is 17.5. The van der Waals surface area contributed by atoms with E-state index in [0.717, 1.165) is 5.56 Å². The van der Waals surface area contributed by atoms with Crippen LogP contribution in [0.1, 0.15) is 18.4 Å². The van der Waals surface area contributed by atoms with Gasteiger partial charge in [0.25, 0.3) is 5.91 Å². The van der Waals surface area contributed by atoms with E-state index < -0.39 is 23.9 Å². The average molecular weight is 441 g/mol. The van der Waals surface area contributed by atoms with Crippen LogP contribution in [-0.2, 0) is 14.4 Å². The fourth-order valence-electron chi connectivity index (χ4n) is 2.60. The molecule has 1 atom stereocenters.